The van der Waals surface area contributed by atoms with E-state index in [9.17, 15) is 4.39 Å². The maximum atomic E-state index is 13.0. The number of hydrogen-bond acceptors (Lipinski definition) is 3. The molecule has 2 aromatic carbocycles. The molecule has 0 aliphatic carbocycles. The molecule has 112 valence electrons. The van der Waals surface area contributed by atoms with E-state index in [0.29, 0.717) is 6.54 Å². The number of ether oxygens (including phenoxy) is 1. The first-order chi connectivity index (χ1) is 10.2. The Kier molecular flexibility index (Phi) is 5.72. The molecule has 2 aromatic rings. The van der Waals surface area contributed by atoms with Gasteiger partial charge in [0.15, 0.2) is 0 Å². The Morgan fingerprint density at radius 2 is 1.76 bits per heavy atom. The first-order valence-corrected chi connectivity index (χ1v) is 6.95. The van der Waals surface area contributed by atoms with Crippen molar-refractivity contribution in [1.29, 1.82) is 0 Å². The van der Waals surface area contributed by atoms with Gasteiger partial charge in [0.2, 0.25) is 0 Å². The molecule has 0 heterocycles. The van der Waals surface area contributed by atoms with E-state index in [0.717, 1.165) is 23.3 Å². The van der Waals surface area contributed by atoms with Gasteiger partial charge in [0, 0.05) is 12.6 Å². The van der Waals surface area contributed by atoms with Gasteiger partial charge in [0.1, 0.15) is 11.6 Å². The predicted octanol–water partition coefficient (Wildman–Crippen LogP) is 2.70. The van der Waals surface area contributed by atoms with Crippen molar-refractivity contribution in [3.63, 3.8) is 0 Å². The Morgan fingerprint density at radius 3 is 2.33 bits per heavy atom. The second-order valence-corrected chi connectivity index (χ2v) is 4.83. The average Bonchev–Trinajstić information content (AvgIpc) is 2.53. The summed E-state index contributed by atoms with van der Waals surface area (Å²) in [6.07, 6.45) is 0.729. The van der Waals surface area contributed by atoms with E-state index in [2.05, 4.69) is 5.32 Å². The van der Waals surface area contributed by atoms with Crippen LogP contribution in [0, 0.1) is 5.82 Å². The van der Waals surface area contributed by atoms with Gasteiger partial charge < -0.3 is 15.2 Å². The van der Waals surface area contributed by atoms with Crippen molar-refractivity contribution >= 4 is 0 Å². The topological polar surface area (TPSA) is 41.5 Å². The normalized spacial score (nSPS) is 12.1. The summed E-state index contributed by atoms with van der Waals surface area (Å²) in [5.41, 5.74) is 2.15. The van der Waals surface area contributed by atoms with Gasteiger partial charge in [-0.3, -0.25) is 0 Å². The number of halogens is 1. The van der Waals surface area contributed by atoms with Crippen LogP contribution in [-0.2, 0) is 6.42 Å². The highest BCUT2D eigenvalue weighted by Gasteiger charge is 2.12. The molecule has 0 saturated heterocycles. The number of rotatable bonds is 7. The lowest BCUT2D eigenvalue weighted by Gasteiger charge is -2.19. The molecule has 0 aromatic heterocycles. The fourth-order valence-electron chi connectivity index (χ4n) is 2.24. The third-order valence-electron chi connectivity index (χ3n) is 3.37. The molecule has 0 bridgehead atoms. The molecule has 21 heavy (non-hydrogen) atoms. The van der Waals surface area contributed by atoms with Crippen molar-refractivity contribution in [2.45, 2.75) is 12.5 Å². The summed E-state index contributed by atoms with van der Waals surface area (Å²) in [6.45, 7) is 0.591. The van der Waals surface area contributed by atoms with Gasteiger partial charge in [-0.1, -0.05) is 24.3 Å². The van der Waals surface area contributed by atoms with Crippen molar-refractivity contribution in [2.24, 2.45) is 0 Å². The van der Waals surface area contributed by atoms with Crippen LogP contribution in [0.3, 0.4) is 0 Å². The molecule has 2 rings (SSSR count). The van der Waals surface area contributed by atoms with Gasteiger partial charge in [0.05, 0.1) is 13.7 Å². The Balaban J connectivity index is 2.14. The van der Waals surface area contributed by atoms with Crippen LogP contribution in [0.5, 0.6) is 5.75 Å². The van der Waals surface area contributed by atoms with Crippen molar-refractivity contribution in [3.05, 3.63) is 65.5 Å². The number of nitrogens with one attached hydrogen (secondary N) is 1. The summed E-state index contributed by atoms with van der Waals surface area (Å²) in [4.78, 5) is 0. The number of methoxy groups -OCH3 is 1. The summed E-state index contributed by atoms with van der Waals surface area (Å²) < 4.78 is 18.1. The lowest BCUT2D eigenvalue weighted by atomic mass is 9.98. The summed E-state index contributed by atoms with van der Waals surface area (Å²) in [5.74, 6) is 0.574. The number of aliphatic hydroxyl groups is 1. The van der Waals surface area contributed by atoms with Crippen molar-refractivity contribution in [2.75, 3.05) is 20.3 Å². The van der Waals surface area contributed by atoms with Crippen LogP contribution < -0.4 is 10.1 Å². The lowest BCUT2D eigenvalue weighted by molar-refractivity contribution is 0.284. The SMILES string of the molecule is COc1ccc(C(Cc2ccc(F)cc2)NCCO)cc1. The first-order valence-electron chi connectivity index (χ1n) is 6.95. The van der Waals surface area contributed by atoms with E-state index in [1.807, 2.05) is 24.3 Å². The monoisotopic (exact) mass is 289 g/mol. The standard InChI is InChI=1S/C17H20FNO2/c1-21-16-8-4-14(5-9-16)17(19-10-11-20)12-13-2-6-15(18)7-3-13/h2-9,17,19-20H,10-12H2,1H3. The first kappa shape index (κ1) is 15.5. The summed E-state index contributed by atoms with van der Waals surface area (Å²) in [5, 5.41) is 12.3. The maximum Gasteiger partial charge on any atom is 0.123 e. The molecule has 0 radical (unpaired) electrons. The minimum absolute atomic E-state index is 0.0634. The highest BCUT2D eigenvalue weighted by molar-refractivity contribution is 5.30. The molecule has 0 amide bonds. The smallest absolute Gasteiger partial charge is 0.123 e. The third-order valence-corrected chi connectivity index (χ3v) is 3.37. The zero-order chi connectivity index (χ0) is 15.1. The Morgan fingerprint density at radius 1 is 1.10 bits per heavy atom. The molecular formula is C17H20FNO2. The van der Waals surface area contributed by atoms with Gasteiger partial charge in [-0.15, -0.1) is 0 Å². The summed E-state index contributed by atoms with van der Waals surface area (Å²) in [7, 11) is 1.63. The van der Waals surface area contributed by atoms with Crippen LogP contribution in [0.1, 0.15) is 17.2 Å². The molecule has 0 aliphatic heterocycles. The van der Waals surface area contributed by atoms with Gasteiger partial charge in [0.25, 0.3) is 0 Å². The second kappa shape index (κ2) is 7.76. The Labute approximate surface area is 124 Å². The zero-order valence-electron chi connectivity index (χ0n) is 12.1. The van der Waals surface area contributed by atoms with E-state index in [-0.39, 0.29) is 18.5 Å². The minimum Gasteiger partial charge on any atom is -0.497 e. The molecule has 2 N–H and O–H groups in total. The average molecular weight is 289 g/mol. The predicted molar refractivity (Wildman–Crippen MR) is 80.9 cm³/mol. The van der Waals surface area contributed by atoms with E-state index in [1.54, 1.807) is 19.2 Å². The van der Waals surface area contributed by atoms with Crippen molar-refractivity contribution in [3.8, 4) is 5.75 Å². The van der Waals surface area contributed by atoms with Gasteiger partial charge in [-0.05, 0) is 41.8 Å². The lowest BCUT2D eigenvalue weighted by Crippen LogP contribution is -2.26. The van der Waals surface area contributed by atoms with E-state index in [1.165, 1.54) is 12.1 Å². The second-order valence-electron chi connectivity index (χ2n) is 4.83. The Bertz CT molecular complexity index is 540. The van der Waals surface area contributed by atoms with E-state index >= 15 is 0 Å². The number of aliphatic hydroxyl groups excluding tert-OH is 1. The largest absolute Gasteiger partial charge is 0.497 e. The van der Waals surface area contributed by atoms with Gasteiger partial charge >= 0.3 is 0 Å². The van der Waals surface area contributed by atoms with Crippen LogP contribution in [0.4, 0.5) is 4.39 Å². The minimum atomic E-state index is -0.233. The molecule has 0 spiro atoms. The third kappa shape index (κ3) is 4.55. The van der Waals surface area contributed by atoms with Crippen LogP contribution in [-0.4, -0.2) is 25.4 Å². The van der Waals surface area contributed by atoms with Crippen LogP contribution in [0.15, 0.2) is 48.5 Å². The quantitative estimate of drug-likeness (QED) is 0.823. The molecule has 0 fully saturated rings. The molecular weight excluding hydrogens is 269 g/mol. The van der Waals surface area contributed by atoms with E-state index < -0.39 is 0 Å². The van der Waals surface area contributed by atoms with Gasteiger partial charge in [-0.2, -0.15) is 0 Å². The maximum absolute atomic E-state index is 13.0. The van der Waals surface area contributed by atoms with Crippen LogP contribution in [0.25, 0.3) is 0 Å². The molecule has 1 atom stereocenters. The number of benzene rings is 2. The molecule has 1 unspecified atom stereocenters. The van der Waals surface area contributed by atoms with Crippen molar-refractivity contribution in [1.82, 2.24) is 5.32 Å². The number of hydrogen-bond donors (Lipinski definition) is 2. The Hall–Kier alpha value is -1.91. The molecule has 4 heteroatoms. The molecule has 0 aliphatic rings. The van der Waals surface area contributed by atoms with Gasteiger partial charge in [-0.25, -0.2) is 4.39 Å². The summed E-state index contributed by atoms with van der Waals surface area (Å²) in [6, 6.07) is 14.4. The molecule has 3 nitrogen and oxygen atoms in total. The fourth-order valence-corrected chi connectivity index (χ4v) is 2.24. The summed E-state index contributed by atoms with van der Waals surface area (Å²) >= 11 is 0. The zero-order valence-corrected chi connectivity index (χ0v) is 12.1. The van der Waals surface area contributed by atoms with E-state index in [4.69, 9.17) is 9.84 Å². The molecule has 0 saturated carbocycles. The highest BCUT2D eigenvalue weighted by atomic mass is 19.1. The van der Waals surface area contributed by atoms with Crippen molar-refractivity contribution < 1.29 is 14.2 Å². The van der Waals surface area contributed by atoms with Crippen LogP contribution in [0.2, 0.25) is 0 Å². The van der Waals surface area contributed by atoms with Crippen LogP contribution >= 0.6 is 0 Å². The fraction of sp³-hybridized carbons (Fsp3) is 0.294. The highest BCUT2D eigenvalue weighted by Crippen LogP contribution is 2.21.